The highest BCUT2D eigenvalue weighted by Crippen LogP contribution is 2.18. The summed E-state index contributed by atoms with van der Waals surface area (Å²) >= 11 is 5.97. The van der Waals surface area contributed by atoms with Gasteiger partial charge < -0.3 is 15.1 Å². The Morgan fingerprint density at radius 3 is 2.89 bits per heavy atom. The molecular weight excluding hydrogens is 260 g/mol. The zero-order chi connectivity index (χ0) is 13.7. The quantitative estimate of drug-likeness (QED) is 0.880. The van der Waals surface area contributed by atoms with Crippen LogP contribution in [0.4, 0.5) is 0 Å². The number of rotatable bonds is 6. The fraction of sp³-hybridized carbons (Fsp3) is 0.333. The molecule has 0 aliphatic carbocycles. The molecule has 0 aliphatic heterocycles. The van der Waals surface area contributed by atoms with Gasteiger partial charge in [-0.05, 0) is 43.8 Å². The van der Waals surface area contributed by atoms with E-state index in [4.69, 9.17) is 21.8 Å². The van der Waals surface area contributed by atoms with Gasteiger partial charge in [-0.25, -0.2) is 0 Å². The first-order valence-electron chi connectivity index (χ1n) is 6.36. The van der Waals surface area contributed by atoms with Crippen LogP contribution in [-0.2, 0) is 6.54 Å². The summed E-state index contributed by atoms with van der Waals surface area (Å²) in [6, 6.07) is 9.75. The summed E-state index contributed by atoms with van der Waals surface area (Å²) in [5.41, 5.74) is 8.45. The summed E-state index contributed by atoms with van der Waals surface area (Å²) in [7, 11) is 2.08. The SMILES string of the molecule is CN(CCC(N)c1cccc(Cl)c1)Cc1ccoc1. The number of nitrogens with zero attached hydrogens (tertiary/aromatic N) is 1. The van der Waals surface area contributed by atoms with Crippen molar-refractivity contribution in [1.29, 1.82) is 0 Å². The Kier molecular flexibility index (Phi) is 5.02. The molecule has 2 rings (SSSR count). The molecule has 0 spiro atoms. The van der Waals surface area contributed by atoms with Crippen LogP contribution in [0, 0.1) is 0 Å². The number of nitrogens with two attached hydrogens (primary N) is 1. The summed E-state index contributed by atoms with van der Waals surface area (Å²) in [6.07, 6.45) is 4.36. The van der Waals surface area contributed by atoms with Crippen LogP contribution in [0.5, 0.6) is 0 Å². The van der Waals surface area contributed by atoms with Crippen molar-refractivity contribution in [3.8, 4) is 0 Å². The third-order valence-corrected chi connectivity index (χ3v) is 3.37. The molecular formula is C15H19ClN2O. The van der Waals surface area contributed by atoms with Crippen LogP contribution < -0.4 is 5.73 Å². The zero-order valence-electron chi connectivity index (χ0n) is 11.1. The van der Waals surface area contributed by atoms with Crippen molar-refractivity contribution in [2.45, 2.75) is 19.0 Å². The van der Waals surface area contributed by atoms with Crippen LogP contribution in [-0.4, -0.2) is 18.5 Å². The van der Waals surface area contributed by atoms with E-state index in [-0.39, 0.29) is 6.04 Å². The maximum absolute atomic E-state index is 6.18. The molecule has 4 heteroatoms. The van der Waals surface area contributed by atoms with Gasteiger partial charge in [0.1, 0.15) is 0 Å². The summed E-state index contributed by atoms with van der Waals surface area (Å²) in [5.74, 6) is 0. The monoisotopic (exact) mass is 278 g/mol. The second-order valence-electron chi connectivity index (χ2n) is 4.82. The van der Waals surface area contributed by atoms with E-state index in [1.807, 2.05) is 30.3 Å². The van der Waals surface area contributed by atoms with E-state index in [2.05, 4.69) is 11.9 Å². The van der Waals surface area contributed by atoms with Crippen molar-refractivity contribution in [2.75, 3.05) is 13.6 Å². The highest BCUT2D eigenvalue weighted by Gasteiger charge is 2.08. The maximum Gasteiger partial charge on any atom is 0.0947 e. The largest absolute Gasteiger partial charge is 0.472 e. The maximum atomic E-state index is 6.18. The highest BCUT2D eigenvalue weighted by molar-refractivity contribution is 6.30. The number of hydrogen-bond acceptors (Lipinski definition) is 3. The first kappa shape index (κ1) is 14.1. The average Bonchev–Trinajstić information content (AvgIpc) is 2.88. The van der Waals surface area contributed by atoms with Crippen LogP contribution in [0.15, 0.2) is 47.3 Å². The van der Waals surface area contributed by atoms with Gasteiger partial charge in [-0.3, -0.25) is 0 Å². The van der Waals surface area contributed by atoms with E-state index in [9.17, 15) is 0 Å². The first-order chi connectivity index (χ1) is 9.15. The fourth-order valence-electron chi connectivity index (χ4n) is 2.04. The lowest BCUT2D eigenvalue weighted by molar-refractivity contribution is 0.310. The van der Waals surface area contributed by atoms with Crippen LogP contribution in [0.1, 0.15) is 23.6 Å². The van der Waals surface area contributed by atoms with Gasteiger partial charge in [0, 0.05) is 23.2 Å². The van der Waals surface area contributed by atoms with Crippen molar-refractivity contribution in [3.63, 3.8) is 0 Å². The molecule has 1 heterocycles. The minimum absolute atomic E-state index is 0.0190. The van der Waals surface area contributed by atoms with Gasteiger partial charge >= 0.3 is 0 Å². The molecule has 0 saturated carbocycles. The van der Waals surface area contributed by atoms with Crippen molar-refractivity contribution in [3.05, 3.63) is 59.0 Å². The number of hydrogen-bond donors (Lipinski definition) is 1. The van der Waals surface area contributed by atoms with Crippen molar-refractivity contribution in [1.82, 2.24) is 4.90 Å². The Morgan fingerprint density at radius 2 is 2.21 bits per heavy atom. The van der Waals surface area contributed by atoms with Crippen molar-refractivity contribution in [2.24, 2.45) is 5.73 Å². The van der Waals surface area contributed by atoms with Gasteiger partial charge in [-0.1, -0.05) is 23.7 Å². The van der Waals surface area contributed by atoms with E-state index in [0.29, 0.717) is 0 Å². The Hall–Kier alpha value is -1.29. The van der Waals surface area contributed by atoms with Gasteiger partial charge in [-0.15, -0.1) is 0 Å². The molecule has 19 heavy (non-hydrogen) atoms. The molecule has 1 atom stereocenters. The topological polar surface area (TPSA) is 42.4 Å². The van der Waals surface area contributed by atoms with E-state index in [1.54, 1.807) is 12.5 Å². The van der Waals surface area contributed by atoms with Crippen molar-refractivity contribution >= 4 is 11.6 Å². The lowest BCUT2D eigenvalue weighted by Gasteiger charge is -2.19. The summed E-state index contributed by atoms with van der Waals surface area (Å²) in [5, 5.41) is 0.736. The van der Waals surface area contributed by atoms with E-state index >= 15 is 0 Å². The van der Waals surface area contributed by atoms with Crippen LogP contribution in [0.2, 0.25) is 5.02 Å². The predicted molar refractivity (Wildman–Crippen MR) is 78.0 cm³/mol. The molecule has 0 radical (unpaired) electrons. The second kappa shape index (κ2) is 6.75. The van der Waals surface area contributed by atoms with Crippen LogP contribution in [0.25, 0.3) is 0 Å². The minimum Gasteiger partial charge on any atom is -0.472 e. The van der Waals surface area contributed by atoms with Gasteiger partial charge in [0.25, 0.3) is 0 Å². The third-order valence-electron chi connectivity index (χ3n) is 3.13. The standard InChI is InChI=1S/C15H19ClN2O/c1-18(10-12-6-8-19-11-12)7-5-15(17)13-3-2-4-14(16)9-13/h2-4,6,8-9,11,15H,5,7,10,17H2,1H3. The molecule has 0 amide bonds. The molecule has 1 unspecified atom stereocenters. The average molecular weight is 279 g/mol. The molecule has 0 aliphatic rings. The third kappa shape index (κ3) is 4.39. The van der Waals surface area contributed by atoms with Gasteiger partial charge in [0.05, 0.1) is 12.5 Å². The summed E-state index contributed by atoms with van der Waals surface area (Å²) in [4.78, 5) is 2.23. The normalized spacial score (nSPS) is 12.8. The van der Waals surface area contributed by atoms with Crippen molar-refractivity contribution < 1.29 is 4.42 Å². The molecule has 0 fully saturated rings. The minimum atomic E-state index is 0.0190. The molecule has 102 valence electrons. The lowest BCUT2D eigenvalue weighted by atomic mass is 10.0. The number of furan rings is 1. The Balaban J connectivity index is 1.81. The van der Waals surface area contributed by atoms with E-state index < -0.39 is 0 Å². The molecule has 1 aromatic carbocycles. The zero-order valence-corrected chi connectivity index (χ0v) is 11.8. The molecule has 2 N–H and O–H groups in total. The van der Waals surface area contributed by atoms with E-state index in [1.165, 1.54) is 5.56 Å². The summed E-state index contributed by atoms with van der Waals surface area (Å²) in [6.45, 7) is 1.80. The Bertz CT molecular complexity index is 499. The Morgan fingerprint density at radius 1 is 1.37 bits per heavy atom. The Labute approximate surface area is 119 Å². The molecule has 1 aromatic heterocycles. The predicted octanol–water partition coefficient (Wildman–Crippen LogP) is 3.45. The molecule has 2 aromatic rings. The molecule has 0 bridgehead atoms. The lowest BCUT2D eigenvalue weighted by Crippen LogP contribution is -2.23. The fourth-order valence-corrected chi connectivity index (χ4v) is 2.24. The van der Waals surface area contributed by atoms with Gasteiger partial charge in [-0.2, -0.15) is 0 Å². The first-order valence-corrected chi connectivity index (χ1v) is 6.73. The number of halogens is 1. The highest BCUT2D eigenvalue weighted by atomic mass is 35.5. The van der Waals surface area contributed by atoms with Gasteiger partial charge in [0.15, 0.2) is 0 Å². The smallest absolute Gasteiger partial charge is 0.0947 e. The number of benzene rings is 1. The van der Waals surface area contributed by atoms with E-state index in [0.717, 1.165) is 30.1 Å². The summed E-state index contributed by atoms with van der Waals surface area (Å²) < 4.78 is 5.06. The molecule has 3 nitrogen and oxygen atoms in total. The second-order valence-corrected chi connectivity index (χ2v) is 5.26. The van der Waals surface area contributed by atoms with Crippen LogP contribution >= 0.6 is 11.6 Å². The van der Waals surface area contributed by atoms with Gasteiger partial charge in [0.2, 0.25) is 0 Å². The van der Waals surface area contributed by atoms with Crippen LogP contribution in [0.3, 0.4) is 0 Å². The molecule has 0 saturated heterocycles.